The summed E-state index contributed by atoms with van der Waals surface area (Å²) in [4.78, 5) is 0. The molecule has 3 heteroatoms. The molecule has 1 unspecified atom stereocenters. The number of hydrogen-bond acceptors (Lipinski definition) is 1. The van der Waals surface area contributed by atoms with Crippen LogP contribution in [0.1, 0.15) is 30.7 Å². The van der Waals surface area contributed by atoms with Crippen LogP contribution in [0.4, 0.5) is 0 Å². The predicted octanol–water partition coefficient (Wildman–Crippen LogP) is 4.59. The van der Waals surface area contributed by atoms with Crippen LogP contribution in [0.2, 0.25) is 0 Å². The van der Waals surface area contributed by atoms with Crippen molar-refractivity contribution in [2.45, 2.75) is 25.2 Å². The molecule has 1 atom stereocenters. The highest BCUT2D eigenvalue weighted by molar-refractivity contribution is 9.10. The van der Waals surface area contributed by atoms with Crippen molar-refractivity contribution >= 4 is 27.5 Å². The molecule has 90 valence electrons. The highest BCUT2D eigenvalue weighted by Crippen LogP contribution is 2.24. The van der Waals surface area contributed by atoms with Crippen molar-refractivity contribution < 1.29 is 4.74 Å². The minimum absolute atomic E-state index is 0.464. The summed E-state index contributed by atoms with van der Waals surface area (Å²) in [5, 5.41) is 0. The van der Waals surface area contributed by atoms with Crippen molar-refractivity contribution in [3.8, 4) is 0 Å². The van der Waals surface area contributed by atoms with Crippen molar-refractivity contribution in [1.82, 2.24) is 0 Å². The molecule has 0 aliphatic rings. The third-order valence-corrected chi connectivity index (χ3v) is 3.58. The van der Waals surface area contributed by atoms with E-state index in [4.69, 9.17) is 16.3 Å². The Kier molecular flexibility index (Phi) is 7.10. The Labute approximate surface area is 111 Å². The summed E-state index contributed by atoms with van der Waals surface area (Å²) in [6.07, 6.45) is 3.41. The summed E-state index contributed by atoms with van der Waals surface area (Å²) < 4.78 is 6.15. The van der Waals surface area contributed by atoms with Gasteiger partial charge >= 0.3 is 0 Å². The monoisotopic (exact) mass is 304 g/mol. The van der Waals surface area contributed by atoms with Crippen LogP contribution in [0.5, 0.6) is 0 Å². The number of hydrogen-bond donors (Lipinski definition) is 0. The van der Waals surface area contributed by atoms with E-state index >= 15 is 0 Å². The molecular weight excluding hydrogens is 287 g/mol. The fraction of sp³-hybridized carbons (Fsp3) is 0.538. The van der Waals surface area contributed by atoms with E-state index in [0.29, 0.717) is 11.8 Å². The van der Waals surface area contributed by atoms with Gasteiger partial charge in [0.25, 0.3) is 0 Å². The molecule has 16 heavy (non-hydrogen) atoms. The molecule has 1 nitrogen and oxygen atoms in total. The topological polar surface area (TPSA) is 9.23 Å². The first-order valence-electron chi connectivity index (χ1n) is 5.58. The minimum atomic E-state index is 0.464. The minimum Gasteiger partial charge on any atom is -0.385 e. The molecule has 0 fully saturated rings. The Morgan fingerprint density at radius 1 is 1.25 bits per heavy atom. The number of methoxy groups -OCH3 is 1. The molecule has 0 aliphatic heterocycles. The molecule has 0 heterocycles. The van der Waals surface area contributed by atoms with Crippen LogP contribution in [0.3, 0.4) is 0 Å². The Morgan fingerprint density at radius 2 is 1.94 bits per heavy atom. The number of alkyl halides is 1. The van der Waals surface area contributed by atoms with E-state index in [1.807, 2.05) is 0 Å². The van der Waals surface area contributed by atoms with Crippen LogP contribution in [-0.2, 0) is 4.74 Å². The summed E-state index contributed by atoms with van der Waals surface area (Å²) >= 11 is 9.45. The molecule has 0 N–H and O–H groups in total. The van der Waals surface area contributed by atoms with E-state index in [1.165, 1.54) is 12.0 Å². The lowest BCUT2D eigenvalue weighted by Gasteiger charge is -2.14. The predicted molar refractivity (Wildman–Crippen MR) is 73.3 cm³/mol. The fourth-order valence-electron chi connectivity index (χ4n) is 1.70. The number of ether oxygens (including phenoxy) is 1. The zero-order valence-corrected chi connectivity index (χ0v) is 11.9. The van der Waals surface area contributed by atoms with Crippen molar-refractivity contribution in [3.05, 3.63) is 34.3 Å². The zero-order valence-electron chi connectivity index (χ0n) is 9.59. The first-order chi connectivity index (χ1) is 7.77. The molecule has 0 radical (unpaired) electrons. The van der Waals surface area contributed by atoms with Crippen LogP contribution in [0, 0.1) is 0 Å². The molecule has 1 rings (SSSR count). The normalized spacial score (nSPS) is 12.7. The quantitative estimate of drug-likeness (QED) is 0.529. The second-order valence-electron chi connectivity index (χ2n) is 3.89. The summed E-state index contributed by atoms with van der Waals surface area (Å²) in [5.74, 6) is 1.15. The molecular formula is C13H18BrClO. The van der Waals surface area contributed by atoms with Gasteiger partial charge in [-0.15, -0.1) is 11.6 Å². The molecule has 0 saturated heterocycles. The molecule has 0 aliphatic carbocycles. The lowest BCUT2D eigenvalue weighted by atomic mass is 9.95. The van der Waals surface area contributed by atoms with Gasteiger partial charge in [0.05, 0.1) is 0 Å². The highest BCUT2D eigenvalue weighted by Gasteiger charge is 2.09. The van der Waals surface area contributed by atoms with Crippen LogP contribution in [0.15, 0.2) is 28.7 Å². The molecule has 1 aromatic carbocycles. The van der Waals surface area contributed by atoms with Gasteiger partial charge in [-0.3, -0.25) is 0 Å². The average molecular weight is 306 g/mol. The van der Waals surface area contributed by atoms with Crippen LogP contribution >= 0.6 is 27.5 Å². The van der Waals surface area contributed by atoms with Gasteiger partial charge in [0.2, 0.25) is 0 Å². The van der Waals surface area contributed by atoms with E-state index in [0.717, 1.165) is 23.9 Å². The van der Waals surface area contributed by atoms with Crippen LogP contribution < -0.4 is 0 Å². The third kappa shape index (κ3) is 4.86. The van der Waals surface area contributed by atoms with Gasteiger partial charge in [-0.1, -0.05) is 34.5 Å². The average Bonchev–Trinajstić information content (AvgIpc) is 2.31. The molecule has 0 saturated carbocycles. The fourth-order valence-corrected chi connectivity index (χ4v) is 2.30. The lowest BCUT2D eigenvalue weighted by molar-refractivity contribution is 0.191. The van der Waals surface area contributed by atoms with E-state index < -0.39 is 0 Å². The number of rotatable bonds is 7. The SMILES string of the molecule is COCCCCC(CCl)c1ccc(Br)cc1. The first-order valence-corrected chi connectivity index (χ1v) is 6.91. The van der Waals surface area contributed by atoms with E-state index in [9.17, 15) is 0 Å². The summed E-state index contributed by atoms with van der Waals surface area (Å²) in [5.41, 5.74) is 1.33. The third-order valence-electron chi connectivity index (χ3n) is 2.68. The first kappa shape index (κ1) is 14.0. The van der Waals surface area contributed by atoms with Crippen molar-refractivity contribution in [2.24, 2.45) is 0 Å². The highest BCUT2D eigenvalue weighted by atomic mass is 79.9. The summed E-state index contributed by atoms with van der Waals surface area (Å²) in [6.45, 7) is 0.843. The Bertz CT molecular complexity index is 286. The standard InChI is InChI=1S/C13H18BrClO/c1-16-9-3-2-4-12(10-15)11-5-7-13(14)8-6-11/h5-8,12H,2-4,9-10H2,1H3. The lowest BCUT2D eigenvalue weighted by Crippen LogP contribution is -2.01. The number of halogens is 2. The molecule has 1 aromatic rings. The molecule has 0 aromatic heterocycles. The smallest absolute Gasteiger partial charge is 0.0462 e. The maximum atomic E-state index is 6.01. The Hall–Kier alpha value is -0.0500. The van der Waals surface area contributed by atoms with Crippen LogP contribution in [0.25, 0.3) is 0 Å². The van der Waals surface area contributed by atoms with Gasteiger partial charge < -0.3 is 4.74 Å². The second kappa shape index (κ2) is 8.10. The largest absolute Gasteiger partial charge is 0.385 e. The van der Waals surface area contributed by atoms with E-state index in [-0.39, 0.29) is 0 Å². The summed E-state index contributed by atoms with van der Waals surface area (Å²) in [7, 11) is 1.74. The van der Waals surface area contributed by atoms with E-state index in [2.05, 4.69) is 40.2 Å². The van der Waals surface area contributed by atoms with Crippen molar-refractivity contribution in [1.29, 1.82) is 0 Å². The van der Waals surface area contributed by atoms with Gasteiger partial charge in [0.15, 0.2) is 0 Å². The number of benzene rings is 1. The second-order valence-corrected chi connectivity index (χ2v) is 5.12. The molecule has 0 spiro atoms. The Balaban J connectivity index is 2.44. The van der Waals surface area contributed by atoms with Gasteiger partial charge in [0, 0.05) is 24.1 Å². The zero-order chi connectivity index (χ0) is 11.8. The van der Waals surface area contributed by atoms with Gasteiger partial charge in [-0.25, -0.2) is 0 Å². The van der Waals surface area contributed by atoms with Crippen molar-refractivity contribution in [3.63, 3.8) is 0 Å². The van der Waals surface area contributed by atoms with Crippen LogP contribution in [-0.4, -0.2) is 19.6 Å². The van der Waals surface area contributed by atoms with Gasteiger partial charge in [0.1, 0.15) is 0 Å². The van der Waals surface area contributed by atoms with Gasteiger partial charge in [-0.05, 0) is 36.5 Å². The summed E-state index contributed by atoms with van der Waals surface area (Å²) in [6, 6.07) is 8.44. The number of unbranched alkanes of at least 4 members (excludes halogenated alkanes) is 1. The maximum Gasteiger partial charge on any atom is 0.0462 e. The van der Waals surface area contributed by atoms with Gasteiger partial charge in [-0.2, -0.15) is 0 Å². The van der Waals surface area contributed by atoms with E-state index in [1.54, 1.807) is 7.11 Å². The molecule has 0 bridgehead atoms. The maximum absolute atomic E-state index is 6.01. The molecule has 0 amide bonds. The van der Waals surface area contributed by atoms with Crippen molar-refractivity contribution in [2.75, 3.05) is 19.6 Å². The Morgan fingerprint density at radius 3 is 2.50 bits per heavy atom.